The monoisotopic (exact) mass is 309 g/mol. The topological polar surface area (TPSA) is 51.8 Å². The first kappa shape index (κ1) is 12.4. The van der Waals surface area contributed by atoms with Crippen molar-refractivity contribution in [2.24, 2.45) is 0 Å². The molecule has 0 unspecified atom stereocenters. The highest BCUT2D eigenvalue weighted by molar-refractivity contribution is 9.10. The Bertz CT molecular complexity index is 493. The lowest BCUT2D eigenvalue weighted by atomic mass is 10.2. The van der Waals surface area contributed by atoms with Gasteiger partial charge in [0, 0.05) is 22.0 Å². The molecule has 0 spiro atoms. The Labute approximate surface area is 113 Å². The minimum Gasteiger partial charge on any atom is -0.384 e. The molecule has 88 valence electrons. The zero-order valence-corrected chi connectivity index (χ0v) is 11.8. The summed E-state index contributed by atoms with van der Waals surface area (Å²) in [5, 5.41) is 0.727. The van der Waals surface area contributed by atoms with Gasteiger partial charge in [-0.15, -0.1) is 0 Å². The van der Waals surface area contributed by atoms with Crippen molar-refractivity contribution in [2.75, 3.05) is 5.73 Å². The second-order valence-electron chi connectivity index (χ2n) is 3.63. The molecule has 2 rings (SSSR count). The van der Waals surface area contributed by atoms with Gasteiger partial charge in [0.1, 0.15) is 5.82 Å². The Morgan fingerprint density at radius 3 is 2.59 bits per heavy atom. The summed E-state index contributed by atoms with van der Waals surface area (Å²) >= 11 is 5.00. The van der Waals surface area contributed by atoms with Gasteiger partial charge in [0.15, 0.2) is 5.16 Å². The van der Waals surface area contributed by atoms with Gasteiger partial charge >= 0.3 is 0 Å². The lowest BCUT2D eigenvalue weighted by molar-refractivity contribution is 0.940. The average molecular weight is 310 g/mol. The Morgan fingerprint density at radius 1 is 1.24 bits per heavy atom. The highest BCUT2D eigenvalue weighted by atomic mass is 79.9. The highest BCUT2D eigenvalue weighted by Gasteiger charge is 2.01. The van der Waals surface area contributed by atoms with Crippen molar-refractivity contribution in [3.8, 4) is 0 Å². The Hall–Kier alpha value is -1.07. The van der Waals surface area contributed by atoms with Crippen LogP contribution in [0.4, 0.5) is 5.82 Å². The lowest BCUT2D eigenvalue weighted by Gasteiger charge is -2.03. The number of hydrogen-bond acceptors (Lipinski definition) is 4. The van der Waals surface area contributed by atoms with Crippen LogP contribution in [0.1, 0.15) is 11.3 Å². The molecule has 0 aliphatic heterocycles. The zero-order chi connectivity index (χ0) is 12.3. The van der Waals surface area contributed by atoms with E-state index in [-0.39, 0.29) is 0 Å². The third kappa shape index (κ3) is 3.71. The molecule has 1 aromatic carbocycles. The normalized spacial score (nSPS) is 10.5. The first-order valence-corrected chi connectivity index (χ1v) is 6.90. The van der Waals surface area contributed by atoms with Crippen molar-refractivity contribution in [3.05, 3.63) is 46.1 Å². The molecular formula is C12H12BrN3S. The van der Waals surface area contributed by atoms with Crippen LogP contribution in [0, 0.1) is 6.92 Å². The first-order chi connectivity index (χ1) is 8.13. The van der Waals surface area contributed by atoms with E-state index in [1.807, 2.05) is 19.1 Å². The molecule has 0 amide bonds. The summed E-state index contributed by atoms with van der Waals surface area (Å²) in [4.78, 5) is 8.52. The van der Waals surface area contributed by atoms with Gasteiger partial charge in [-0.25, -0.2) is 9.97 Å². The maximum atomic E-state index is 5.68. The van der Waals surface area contributed by atoms with Crippen molar-refractivity contribution in [1.29, 1.82) is 0 Å². The molecule has 0 atom stereocenters. The van der Waals surface area contributed by atoms with E-state index >= 15 is 0 Å². The number of thioether (sulfide) groups is 1. The van der Waals surface area contributed by atoms with E-state index in [0.29, 0.717) is 5.82 Å². The maximum absolute atomic E-state index is 5.68. The molecule has 0 aliphatic rings. The number of nitrogens with zero attached hydrogens (tertiary/aromatic N) is 2. The van der Waals surface area contributed by atoms with Crippen LogP contribution in [-0.2, 0) is 5.75 Å². The third-order valence-corrected chi connectivity index (χ3v) is 3.58. The molecule has 0 saturated heterocycles. The van der Waals surface area contributed by atoms with Crippen LogP contribution in [0.2, 0.25) is 0 Å². The Balaban J connectivity index is 2.04. The number of benzene rings is 1. The Morgan fingerprint density at radius 2 is 1.94 bits per heavy atom. The molecule has 17 heavy (non-hydrogen) atoms. The van der Waals surface area contributed by atoms with Gasteiger partial charge in [0.25, 0.3) is 0 Å². The van der Waals surface area contributed by atoms with Crippen LogP contribution in [0.5, 0.6) is 0 Å². The quantitative estimate of drug-likeness (QED) is 0.697. The number of anilines is 1. The largest absolute Gasteiger partial charge is 0.384 e. The molecule has 0 saturated carbocycles. The summed E-state index contributed by atoms with van der Waals surface area (Å²) in [6.45, 7) is 1.92. The second-order valence-corrected chi connectivity index (χ2v) is 5.49. The number of halogens is 1. The fraction of sp³-hybridized carbons (Fsp3) is 0.167. The van der Waals surface area contributed by atoms with E-state index < -0.39 is 0 Å². The molecular weight excluding hydrogens is 298 g/mol. The van der Waals surface area contributed by atoms with E-state index in [2.05, 4.69) is 38.0 Å². The van der Waals surface area contributed by atoms with Gasteiger partial charge in [-0.2, -0.15) is 0 Å². The molecule has 1 heterocycles. The van der Waals surface area contributed by atoms with E-state index in [9.17, 15) is 0 Å². The van der Waals surface area contributed by atoms with Crippen molar-refractivity contribution in [2.45, 2.75) is 17.8 Å². The zero-order valence-electron chi connectivity index (χ0n) is 9.35. The molecule has 0 bridgehead atoms. The molecule has 0 aliphatic carbocycles. The van der Waals surface area contributed by atoms with Crippen molar-refractivity contribution >= 4 is 33.5 Å². The van der Waals surface area contributed by atoms with Gasteiger partial charge in [0.05, 0.1) is 0 Å². The summed E-state index contributed by atoms with van der Waals surface area (Å²) in [6, 6.07) is 9.98. The van der Waals surface area contributed by atoms with E-state index in [1.165, 1.54) is 5.56 Å². The molecule has 0 fully saturated rings. The highest BCUT2D eigenvalue weighted by Crippen LogP contribution is 2.21. The SMILES string of the molecule is Cc1cc(N)nc(SCc2ccc(Br)cc2)n1. The smallest absolute Gasteiger partial charge is 0.190 e. The molecule has 3 nitrogen and oxygen atoms in total. The molecule has 1 aromatic heterocycles. The minimum absolute atomic E-state index is 0.524. The average Bonchev–Trinajstić information content (AvgIpc) is 2.27. The van der Waals surface area contributed by atoms with Crippen LogP contribution in [0.25, 0.3) is 0 Å². The summed E-state index contributed by atoms with van der Waals surface area (Å²) in [5.74, 6) is 1.37. The summed E-state index contributed by atoms with van der Waals surface area (Å²) in [6.07, 6.45) is 0. The second kappa shape index (κ2) is 5.51. The first-order valence-electron chi connectivity index (χ1n) is 5.12. The molecule has 5 heteroatoms. The van der Waals surface area contributed by atoms with Gasteiger partial charge in [-0.05, 0) is 24.6 Å². The number of aryl methyl sites for hydroxylation is 1. The third-order valence-electron chi connectivity index (χ3n) is 2.13. The fourth-order valence-electron chi connectivity index (χ4n) is 1.36. The summed E-state index contributed by atoms with van der Waals surface area (Å²) in [7, 11) is 0. The number of nitrogens with two attached hydrogens (primary N) is 1. The lowest BCUT2D eigenvalue weighted by Crippen LogP contribution is -1.96. The van der Waals surface area contributed by atoms with Crippen LogP contribution >= 0.6 is 27.7 Å². The van der Waals surface area contributed by atoms with Crippen LogP contribution in [0.3, 0.4) is 0 Å². The minimum atomic E-state index is 0.524. The molecule has 2 aromatic rings. The van der Waals surface area contributed by atoms with E-state index in [4.69, 9.17) is 5.73 Å². The van der Waals surface area contributed by atoms with Crippen LogP contribution in [-0.4, -0.2) is 9.97 Å². The summed E-state index contributed by atoms with van der Waals surface area (Å²) < 4.78 is 1.09. The van der Waals surface area contributed by atoms with E-state index in [1.54, 1.807) is 17.8 Å². The van der Waals surface area contributed by atoms with Gasteiger partial charge in [-0.3, -0.25) is 0 Å². The number of aromatic nitrogens is 2. The van der Waals surface area contributed by atoms with Crippen molar-refractivity contribution < 1.29 is 0 Å². The predicted octanol–water partition coefficient (Wildman–Crippen LogP) is 3.42. The number of hydrogen-bond donors (Lipinski definition) is 1. The number of nitrogen functional groups attached to an aromatic ring is 1. The van der Waals surface area contributed by atoms with Gasteiger partial charge in [0.2, 0.25) is 0 Å². The van der Waals surface area contributed by atoms with Gasteiger partial charge < -0.3 is 5.73 Å². The Kier molecular flexibility index (Phi) is 4.02. The number of rotatable bonds is 3. The molecule has 2 N–H and O–H groups in total. The standard InChI is InChI=1S/C12H12BrN3S/c1-8-6-11(14)16-12(15-8)17-7-9-2-4-10(13)5-3-9/h2-6H,7H2,1H3,(H2,14,15,16). The summed E-state index contributed by atoms with van der Waals surface area (Å²) in [5.41, 5.74) is 7.81. The predicted molar refractivity (Wildman–Crippen MR) is 74.9 cm³/mol. The van der Waals surface area contributed by atoms with Crippen molar-refractivity contribution in [1.82, 2.24) is 9.97 Å². The van der Waals surface area contributed by atoms with Gasteiger partial charge in [-0.1, -0.05) is 39.8 Å². The maximum Gasteiger partial charge on any atom is 0.190 e. The van der Waals surface area contributed by atoms with Crippen LogP contribution < -0.4 is 5.73 Å². The van der Waals surface area contributed by atoms with Crippen LogP contribution in [0.15, 0.2) is 40.0 Å². The van der Waals surface area contributed by atoms with Crippen molar-refractivity contribution in [3.63, 3.8) is 0 Å². The molecule has 0 radical (unpaired) electrons. The van der Waals surface area contributed by atoms with E-state index in [0.717, 1.165) is 21.1 Å². The fourth-order valence-corrected chi connectivity index (χ4v) is 2.49.